The number of rotatable bonds is 7. The Morgan fingerprint density at radius 3 is 2.41 bits per heavy atom. The molecule has 17 heavy (non-hydrogen) atoms. The van der Waals surface area contributed by atoms with Gasteiger partial charge in [-0.3, -0.25) is 9.59 Å². The van der Waals surface area contributed by atoms with Gasteiger partial charge in [0.15, 0.2) is 0 Å². The Morgan fingerprint density at radius 1 is 1.41 bits per heavy atom. The van der Waals surface area contributed by atoms with Gasteiger partial charge in [0, 0.05) is 6.92 Å². The molecule has 0 fully saturated rings. The van der Waals surface area contributed by atoms with Gasteiger partial charge in [0.05, 0.1) is 6.10 Å². The fourth-order valence-corrected chi connectivity index (χ4v) is 2.13. The Hall–Kier alpha value is -0.810. The van der Waals surface area contributed by atoms with Gasteiger partial charge >= 0.3 is 0 Å². The molecule has 2 atom stereocenters. The number of carbonyl (C=O) groups excluding carboxylic acids is 2. The molecule has 0 aromatic heterocycles. The summed E-state index contributed by atoms with van der Waals surface area (Å²) in [5, 5.41) is 11.7. The van der Waals surface area contributed by atoms with Crippen LogP contribution in [0, 0.1) is 0 Å². The molecule has 0 rings (SSSR count). The van der Waals surface area contributed by atoms with Crippen LogP contribution >= 0.6 is 11.8 Å². The van der Waals surface area contributed by atoms with Crippen molar-refractivity contribution in [3.05, 3.63) is 12.2 Å². The van der Waals surface area contributed by atoms with Crippen LogP contribution in [0.3, 0.4) is 0 Å². The van der Waals surface area contributed by atoms with E-state index < -0.39 is 11.5 Å². The zero-order valence-electron chi connectivity index (χ0n) is 10.7. The van der Waals surface area contributed by atoms with Crippen LogP contribution in [0.2, 0.25) is 0 Å². The van der Waals surface area contributed by atoms with E-state index in [4.69, 9.17) is 0 Å². The van der Waals surface area contributed by atoms with Crippen LogP contribution in [-0.2, 0) is 9.59 Å². The van der Waals surface area contributed by atoms with E-state index in [1.54, 1.807) is 6.92 Å². The lowest BCUT2D eigenvalue weighted by atomic mass is 10.1. The summed E-state index contributed by atoms with van der Waals surface area (Å²) in [6.45, 7) is 8.54. The molecular weight excluding hydrogens is 238 g/mol. The molecule has 4 nitrogen and oxygen atoms in total. The van der Waals surface area contributed by atoms with Gasteiger partial charge < -0.3 is 10.4 Å². The molecule has 0 spiro atoms. The number of aliphatic hydroxyl groups is 1. The highest BCUT2D eigenvalue weighted by Gasteiger charge is 2.23. The average Bonchev–Trinajstić information content (AvgIpc) is 2.23. The van der Waals surface area contributed by atoms with Gasteiger partial charge in [0.25, 0.3) is 0 Å². The van der Waals surface area contributed by atoms with Crippen molar-refractivity contribution < 1.29 is 14.7 Å². The van der Waals surface area contributed by atoms with Crippen molar-refractivity contribution >= 4 is 22.8 Å². The summed E-state index contributed by atoms with van der Waals surface area (Å²) in [5.74, 6) is -0.257. The van der Waals surface area contributed by atoms with Crippen molar-refractivity contribution in [2.45, 2.75) is 51.5 Å². The summed E-state index contributed by atoms with van der Waals surface area (Å²) in [5.41, 5.74) is 0.410. The molecule has 0 aliphatic carbocycles. The predicted molar refractivity (Wildman–Crippen MR) is 70.5 cm³/mol. The fourth-order valence-electron chi connectivity index (χ4n) is 1.19. The molecule has 2 unspecified atom stereocenters. The standard InChI is InChI=1S/C12H21NO3S/c1-5-6-7-10(15)11(13-9(4)14)17-12(16)8(2)3/h10-11,15H,2,5-7H2,1,3-4H3,(H,13,14). The molecule has 0 heterocycles. The second-order valence-electron chi connectivity index (χ2n) is 4.02. The van der Waals surface area contributed by atoms with E-state index in [9.17, 15) is 14.7 Å². The van der Waals surface area contributed by atoms with Crippen molar-refractivity contribution in [3.63, 3.8) is 0 Å². The third-order valence-corrected chi connectivity index (χ3v) is 3.38. The van der Waals surface area contributed by atoms with Crippen molar-refractivity contribution in [1.29, 1.82) is 0 Å². The molecule has 0 aromatic carbocycles. The van der Waals surface area contributed by atoms with Crippen LogP contribution in [0.4, 0.5) is 0 Å². The first-order chi connectivity index (χ1) is 7.88. The third-order valence-electron chi connectivity index (χ3n) is 2.13. The lowest BCUT2D eigenvalue weighted by molar-refractivity contribution is -0.119. The molecule has 0 saturated carbocycles. The molecular formula is C12H21NO3S. The highest BCUT2D eigenvalue weighted by molar-refractivity contribution is 8.14. The molecule has 1 amide bonds. The minimum absolute atomic E-state index is 0.209. The van der Waals surface area contributed by atoms with Gasteiger partial charge in [-0.2, -0.15) is 0 Å². The SMILES string of the molecule is C=C(C)C(=O)SC(NC(C)=O)C(O)CCCC. The molecule has 0 aliphatic rings. The first-order valence-corrected chi connectivity index (χ1v) is 6.58. The highest BCUT2D eigenvalue weighted by Crippen LogP contribution is 2.20. The van der Waals surface area contributed by atoms with Crippen LogP contribution < -0.4 is 5.32 Å². The first kappa shape index (κ1) is 16.2. The van der Waals surface area contributed by atoms with E-state index in [1.165, 1.54) is 6.92 Å². The Labute approximate surface area is 107 Å². The number of hydrogen-bond donors (Lipinski definition) is 2. The van der Waals surface area contributed by atoms with Crippen LogP contribution in [0.25, 0.3) is 0 Å². The molecule has 98 valence electrons. The van der Waals surface area contributed by atoms with Crippen molar-refractivity contribution in [3.8, 4) is 0 Å². The monoisotopic (exact) mass is 259 g/mol. The van der Waals surface area contributed by atoms with Crippen LogP contribution in [0.5, 0.6) is 0 Å². The third kappa shape index (κ3) is 7.18. The van der Waals surface area contributed by atoms with Gasteiger partial charge in [-0.05, 0) is 18.9 Å². The zero-order valence-corrected chi connectivity index (χ0v) is 11.5. The van der Waals surface area contributed by atoms with E-state index in [-0.39, 0.29) is 11.0 Å². The van der Waals surface area contributed by atoms with E-state index >= 15 is 0 Å². The lowest BCUT2D eigenvalue weighted by Gasteiger charge is -2.22. The largest absolute Gasteiger partial charge is 0.390 e. The number of thioether (sulfide) groups is 1. The first-order valence-electron chi connectivity index (χ1n) is 5.70. The van der Waals surface area contributed by atoms with E-state index in [1.807, 2.05) is 6.92 Å². The maximum Gasteiger partial charge on any atom is 0.217 e. The zero-order chi connectivity index (χ0) is 13.4. The number of aliphatic hydroxyl groups excluding tert-OH is 1. The molecule has 5 heteroatoms. The Bertz CT molecular complexity index is 291. The minimum atomic E-state index is -0.716. The summed E-state index contributed by atoms with van der Waals surface area (Å²) < 4.78 is 0. The maximum absolute atomic E-state index is 11.5. The molecule has 0 bridgehead atoms. The van der Waals surface area contributed by atoms with Crippen molar-refractivity contribution in [2.24, 2.45) is 0 Å². The average molecular weight is 259 g/mol. The Balaban J connectivity index is 4.46. The molecule has 2 N–H and O–H groups in total. The topological polar surface area (TPSA) is 66.4 Å². The van der Waals surface area contributed by atoms with Gasteiger partial charge in [-0.15, -0.1) is 0 Å². The number of nitrogens with one attached hydrogen (secondary N) is 1. The van der Waals surface area contributed by atoms with Crippen LogP contribution in [-0.4, -0.2) is 27.6 Å². The van der Waals surface area contributed by atoms with E-state index in [0.717, 1.165) is 24.6 Å². The highest BCUT2D eigenvalue weighted by atomic mass is 32.2. The summed E-state index contributed by atoms with van der Waals surface area (Å²) in [6, 6.07) is 0. The summed E-state index contributed by atoms with van der Waals surface area (Å²) >= 11 is 0.919. The van der Waals surface area contributed by atoms with Gasteiger partial charge in [0.2, 0.25) is 11.0 Å². The normalized spacial score (nSPS) is 13.9. The maximum atomic E-state index is 11.5. The predicted octanol–water partition coefficient (Wildman–Crippen LogP) is 1.84. The molecule has 0 aromatic rings. The van der Waals surface area contributed by atoms with Crippen molar-refractivity contribution in [2.75, 3.05) is 0 Å². The number of unbranched alkanes of at least 4 members (excludes halogenated alkanes) is 1. The number of hydrogen-bond acceptors (Lipinski definition) is 4. The van der Waals surface area contributed by atoms with Gasteiger partial charge in [0.1, 0.15) is 5.37 Å². The van der Waals surface area contributed by atoms with Gasteiger partial charge in [-0.1, -0.05) is 38.1 Å². The summed E-state index contributed by atoms with van der Waals surface area (Å²) in [7, 11) is 0. The van der Waals surface area contributed by atoms with Crippen LogP contribution in [0.15, 0.2) is 12.2 Å². The fraction of sp³-hybridized carbons (Fsp3) is 0.667. The minimum Gasteiger partial charge on any atom is -0.390 e. The Morgan fingerprint density at radius 2 is 2.00 bits per heavy atom. The molecule has 0 aliphatic heterocycles. The van der Waals surface area contributed by atoms with E-state index in [2.05, 4.69) is 11.9 Å². The molecule has 0 saturated heterocycles. The second kappa shape index (κ2) is 8.31. The quantitative estimate of drug-likeness (QED) is 0.541. The van der Waals surface area contributed by atoms with E-state index in [0.29, 0.717) is 12.0 Å². The number of amides is 1. The lowest BCUT2D eigenvalue weighted by Crippen LogP contribution is -2.40. The smallest absolute Gasteiger partial charge is 0.217 e. The summed E-state index contributed by atoms with van der Waals surface area (Å²) in [6.07, 6.45) is 1.67. The van der Waals surface area contributed by atoms with Crippen LogP contribution in [0.1, 0.15) is 40.0 Å². The van der Waals surface area contributed by atoms with Gasteiger partial charge in [-0.25, -0.2) is 0 Å². The second-order valence-corrected chi connectivity index (χ2v) is 5.13. The summed E-state index contributed by atoms with van der Waals surface area (Å²) in [4.78, 5) is 22.5. The number of carbonyl (C=O) groups is 2. The Kier molecular flexibility index (Phi) is 7.91. The molecule has 0 radical (unpaired) electrons. The van der Waals surface area contributed by atoms with Crippen molar-refractivity contribution in [1.82, 2.24) is 5.32 Å².